The van der Waals surface area contributed by atoms with Crippen LogP contribution in [0.5, 0.6) is 11.5 Å². The molecule has 9 heteroatoms. The number of hydrogen-bond acceptors (Lipinski definition) is 5. The number of hydrogen-bond donors (Lipinski definition) is 2. The highest BCUT2D eigenvalue weighted by Crippen LogP contribution is 2.28. The highest BCUT2D eigenvalue weighted by Gasteiger charge is 2.21. The van der Waals surface area contributed by atoms with Gasteiger partial charge in [0.15, 0.2) is 0 Å². The summed E-state index contributed by atoms with van der Waals surface area (Å²) in [6.45, 7) is -0.520. The Morgan fingerprint density at radius 3 is 2.52 bits per heavy atom. The van der Waals surface area contributed by atoms with E-state index in [9.17, 15) is 17.6 Å². The fraction of sp³-hybridized carbons (Fsp3) is 0.188. The lowest BCUT2D eigenvalue weighted by Crippen LogP contribution is -2.33. The Morgan fingerprint density at radius 2 is 1.88 bits per heavy atom. The van der Waals surface area contributed by atoms with Gasteiger partial charge in [0.1, 0.15) is 22.2 Å². The van der Waals surface area contributed by atoms with Crippen molar-refractivity contribution in [3.63, 3.8) is 0 Å². The normalized spacial score (nSPS) is 11.0. The number of rotatable bonds is 7. The van der Waals surface area contributed by atoms with E-state index in [1.807, 2.05) is 0 Å². The molecule has 0 atom stereocenters. The minimum atomic E-state index is -3.99. The number of benzene rings is 2. The van der Waals surface area contributed by atoms with E-state index < -0.39 is 28.3 Å². The average molecular weight is 368 g/mol. The smallest absolute Gasteiger partial charge is 0.244 e. The van der Waals surface area contributed by atoms with E-state index in [0.29, 0.717) is 5.75 Å². The van der Waals surface area contributed by atoms with Crippen molar-refractivity contribution in [2.45, 2.75) is 4.90 Å². The molecule has 0 saturated heterocycles. The predicted molar refractivity (Wildman–Crippen MR) is 89.8 cm³/mol. The summed E-state index contributed by atoms with van der Waals surface area (Å²) < 4.78 is 50.0. The summed E-state index contributed by atoms with van der Waals surface area (Å²) >= 11 is 0. The van der Waals surface area contributed by atoms with Crippen molar-refractivity contribution >= 4 is 21.6 Å². The van der Waals surface area contributed by atoms with Crippen molar-refractivity contribution in [1.29, 1.82) is 0 Å². The molecule has 0 fully saturated rings. The molecule has 134 valence electrons. The summed E-state index contributed by atoms with van der Waals surface area (Å²) in [4.78, 5) is 11.7. The van der Waals surface area contributed by atoms with Crippen LogP contribution in [0.4, 0.5) is 10.1 Å². The second-order valence-corrected chi connectivity index (χ2v) is 6.64. The monoisotopic (exact) mass is 368 g/mol. The lowest BCUT2D eigenvalue weighted by Gasteiger charge is -2.12. The summed E-state index contributed by atoms with van der Waals surface area (Å²) in [5.41, 5.74) is 0.228. The van der Waals surface area contributed by atoms with Gasteiger partial charge in [-0.3, -0.25) is 4.79 Å². The van der Waals surface area contributed by atoms with Gasteiger partial charge in [-0.15, -0.1) is 0 Å². The van der Waals surface area contributed by atoms with Crippen molar-refractivity contribution in [2.75, 3.05) is 26.1 Å². The lowest BCUT2D eigenvalue weighted by atomic mass is 10.3. The van der Waals surface area contributed by atoms with E-state index >= 15 is 0 Å². The van der Waals surface area contributed by atoms with Gasteiger partial charge in [0.2, 0.25) is 15.9 Å². The van der Waals surface area contributed by atoms with Crippen molar-refractivity contribution in [3.05, 3.63) is 48.3 Å². The standard InChI is InChI=1S/C16H17FN2O5S/c1-23-13-6-7-15(14(9-13)24-2)25(21,22)18-10-16(20)19-12-5-3-4-11(17)8-12/h3-9,18H,10H2,1-2H3,(H,19,20). The molecule has 2 aromatic carbocycles. The molecule has 7 nitrogen and oxygen atoms in total. The number of anilines is 1. The number of halogens is 1. The van der Waals surface area contributed by atoms with Crippen LogP contribution >= 0.6 is 0 Å². The van der Waals surface area contributed by atoms with Crippen LogP contribution in [0.2, 0.25) is 0 Å². The molecule has 2 rings (SSSR count). The maximum atomic E-state index is 13.1. The molecule has 2 aromatic rings. The van der Waals surface area contributed by atoms with Crippen molar-refractivity contribution < 1.29 is 27.1 Å². The van der Waals surface area contributed by atoms with Gasteiger partial charge in [-0.05, 0) is 30.3 Å². The maximum absolute atomic E-state index is 13.1. The van der Waals surface area contributed by atoms with Crippen LogP contribution < -0.4 is 19.5 Å². The third-order valence-corrected chi connectivity index (χ3v) is 4.63. The Labute approximate surface area is 144 Å². The van der Waals surface area contributed by atoms with Crippen molar-refractivity contribution in [2.24, 2.45) is 0 Å². The number of carbonyl (C=O) groups is 1. The van der Waals surface area contributed by atoms with Gasteiger partial charge in [0.05, 0.1) is 20.8 Å². The van der Waals surface area contributed by atoms with Gasteiger partial charge in [0, 0.05) is 11.8 Å². The maximum Gasteiger partial charge on any atom is 0.244 e. The largest absolute Gasteiger partial charge is 0.497 e. The third kappa shape index (κ3) is 4.91. The zero-order valence-electron chi connectivity index (χ0n) is 13.6. The molecule has 0 aliphatic rings. The first kappa shape index (κ1) is 18.7. The number of sulfonamides is 1. The van der Waals surface area contributed by atoms with Crippen molar-refractivity contribution in [3.8, 4) is 11.5 Å². The topological polar surface area (TPSA) is 93.7 Å². The molecule has 0 saturated carbocycles. The number of carbonyl (C=O) groups excluding carboxylic acids is 1. The molecule has 0 aromatic heterocycles. The summed E-state index contributed by atoms with van der Waals surface area (Å²) in [7, 11) is -1.22. The third-order valence-electron chi connectivity index (χ3n) is 3.19. The second-order valence-electron chi connectivity index (χ2n) is 4.90. The van der Waals surface area contributed by atoms with Gasteiger partial charge >= 0.3 is 0 Å². The predicted octanol–water partition coefficient (Wildman–Crippen LogP) is 1.76. The average Bonchev–Trinajstić information content (AvgIpc) is 2.59. The Bertz CT molecular complexity index is 871. The van der Waals surface area contributed by atoms with Crippen molar-refractivity contribution in [1.82, 2.24) is 4.72 Å². The van der Waals surface area contributed by atoms with E-state index in [4.69, 9.17) is 9.47 Å². The number of amides is 1. The van der Waals surface area contributed by atoms with E-state index in [1.54, 1.807) is 0 Å². The molecule has 1 amide bonds. The van der Waals surface area contributed by atoms with Gasteiger partial charge in [0.25, 0.3) is 0 Å². The van der Waals surface area contributed by atoms with E-state index in [0.717, 1.165) is 6.07 Å². The van der Waals surface area contributed by atoms with Crippen LogP contribution in [-0.4, -0.2) is 35.1 Å². The number of methoxy groups -OCH3 is 2. The van der Waals surface area contributed by atoms with Crippen LogP contribution in [0.1, 0.15) is 0 Å². The minimum absolute atomic E-state index is 0.0809. The Kier molecular flexibility index (Phi) is 5.94. The van der Waals surface area contributed by atoms with E-state index in [-0.39, 0.29) is 16.3 Å². The molecule has 0 radical (unpaired) electrons. The van der Waals surface area contributed by atoms with Crippen LogP contribution in [-0.2, 0) is 14.8 Å². The first-order valence-electron chi connectivity index (χ1n) is 7.13. The van der Waals surface area contributed by atoms with E-state index in [1.165, 1.54) is 50.6 Å². The summed E-state index contributed by atoms with van der Waals surface area (Å²) in [6, 6.07) is 9.46. The minimum Gasteiger partial charge on any atom is -0.497 e. The van der Waals surface area contributed by atoms with Gasteiger partial charge in [-0.2, -0.15) is 0 Å². The zero-order chi connectivity index (χ0) is 18.4. The SMILES string of the molecule is COc1ccc(S(=O)(=O)NCC(=O)Nc2cccc(F)c2)c(OC)c1. The first-order valence-corrected chi connectivity index (χ1v) is 8.61. The molecule has 0 aliphatic heterocycles. The zero-order valence-corrected chi connectivity index (χ0v) is 14.4. The Morgan fingerprint density at radius 1 is 1.12 bits per heavy atom. The van der Waals surface area contributed by atoms with Gasteiger partial charge in [-0.1, -0.05) is 6.07 Å². The molecule has 0 unspecified atom stereocenters. The molecule has 0 aliphatic carbocycles. The molecule has 2 N–H and O–H groups in total. The quantitative estimate of drug-likeness (QED) is 0.777. The molecular formula is C16H17FN2O5S. The summed E-state index contributed by atoms with van der Waals surface area (Å²) in [6.07, 6.45) is 0. The lowest BCUT2D eigenvalue weighted by molar-refractivity contribution is -0.115. The highest BCUT2D eigenvalue weighted by molar-refractivity contribution is 7.89. The second kappa shape index (κ2) is 7.95. The van der Waals surface area contributed by atoms with Gasteiger partial charge < -0.3 is 14.8 Å². The number of ether oxygens (including phenoxy) is 2. The Hall–Kier alpha value is -2.65. The molecule has 0 spiro atoms. The molecule has 0 bridgehead atoms. The Balaban J connectivity index is 2.07. The fourth-order valence-corrected chi connectivity index (χ4v) is 3.14. The summed E-state index contributed by atoms with van der Waals surface area (Å²) in [5, 5.41) is 2.40. The van der Waals surface area contributed by atoms with Crippen LogP contribution in [0.25, 0.3) is 0 Å². The van der Waals surface area contributed by atoms with Crippen LogP contribution in [0, 0.1) is 5.82 Å². The molecule has 0 heterocycles. The van der Waals surface area contributed by atoms with E-state index in [2.05, 4.69) is 10.0 Å². The first-order chi connectivity index (χ1) is 11.9. The van der Waals surface area contributed by atoms with Gasteiger partial charge in [-0.25, -0.2) is 17.5 Å². The highest BCUT2D eigenvalue weighted by atomic mass is 32.2. The molecular weight excluding hydrogens is 351 g/mol. The van der Waals surface area contributed by atoms with Crippen LogP contribution in [0.15, 0.2) is 47.4 Å². The fourth-order valence-electron chi connectivity index (χ4n) is 2.01. The molecule has 25 heavy (non-hydrogen) atoms. The van der Waals surface area contributed by atoms with Crippen LogP contribution in [0.3, 0.4) is 0 Å². The number of nitrogens with one attached hydrogen (secondary N) is 2. The summed E-state index contributed by atoms with van der Waals surface area (Å²) in [5.74, 6) is -0.639.